The monoisotopic (exact) mass is 351 g/mol. The van der Waals surface area contributed by atoms with Crippen LogP contribution < -0.4 is 5.32 Å². The van der Waals surface area contributed by atoms with Crippen molar-refractivity contribution < 1.29 is 14.1 Å². The summed E-state index contributed by atoms with van der Waals surface area (Å²) in [6.07, 6.45) is 1.71. The number of halogens is 1. The van der Waals surface area contributed by atoms with Crippen molar-refractivity contribution >= 4 is 17.3 Å². The Morgan fingerprint density at radius 3 is 2.50 bits per heavy atom. The number of nitro groups is 1. The van der Waals surface area contributed by atoms with Gasteiger partial charge in [-0.05, 0) is 48.9 Å². The highest BCUT2D eigenvalue weighted by Gasteiger charge is 2.17. The topological polar surface area (TPSA) is 85.1 Å². The van der Waals surface area contributed by atoms with Gasteiger partial charge in [0.05, 0.1) is 16.7 Å². The van der Waals surface area contributed by atoms with Crippen molar-refractivity contribution in [1.29, 1.82) is 0 Å². The fourth-order valence-corrected chi connectivity index (χ4v) is 2.44. The first kappa shape index (κ1) is 17.2. The molecule has 3 rings (SSSR count). The number of amides is 1. The molecule has 0 radical (unpaired) electrons. The minimum absolute atomic E-state index is 0.0640. The molecule has 1 amide bonds. The van der Waals surface area contributed by atoms with Crippen LogP contribution >= 0.6 is 0 Å². The largest absolute Gasteiger partial charge is 0.316 e. The van der Waals surface area contributed by atoms with E-state index in [1.165, 1.54) is 0 Å². The highest BCUT2D eigenvalue weighted by molar-refractivity contribution is 6.05. The molecule has 2 aromatic carbocycles. The van der Waals surface area contributed by atoms with Gasteiger partial charge in [0.1, 0.15) is 11.5 Å². The standard InChI is InChI=1S/C19H14FN3O3/c1-12-8-9-21-17(10-12)13-2-4-14(5-3-13)19(24)22-16-7-6-15(20)11-18(16)23(25)26/h2-11H,1H3,(H,22,24). The predicted molar refractivity (Wildman–Crippen MR) is 95.4 cm³/mol. The number of anilines is 1. The van der Waals surface area contributed by atoms with E-state index in [-0.39, 0.29) is 5.69 Å². The van der Waals surface area contributed by atoms with E-state index in [1.54, 1.807) is 30.5 Å². The number of nitro benzene ring substituents is 1. The van der Waals surface area contributed by atoms with Crippen LogP contribution in [0, 0.1) is 22.9 Å². The zero-order chi connectivity index (χ0) is 18.7. The first-order chi connectivity index (χ1) is 12.4. The van der Waals surface area contributed by atoms with Gasteiger partial charge in [0.2, 0.25) is 0 Å². The van der Waals surface area contributed by atoms with Crippen LogP contribution in [0.3, 0.4) is 0 Å². The zero-order valence-electron chi connectivity index (χ0n) is 13.8. The molecule has 0 aliphatic carbocycles. The minimum atomic E-state index is -0.746. The number of aromatic nitrogens is 1. The molecule has 1 heterocycles. The number of hydrogen-bond acceptors (Lipinski definition) is 4. The Hall–Kier alpha value is -3.61. The number of carbonyl (C=O) groups excluding carboxylic acids is 1. The lowest BCUT2D eigenvalue weighted by atomic mass is 10.1. The summed E-state index contributed by atoms with van der Waals surface area (Å²) in [5.41, 5.74) is 2.45. The SMILES string of the molecule is Cc1ccnc(-c2ccc(C(=O)Nc3ccc(F)cc3[N+](=O)[O-])cc2)c1. The Morgan fingerprint density at radius 1 is 1.12 bits per heavy atom. The van der Waals surface area contributed by atoms with Crippen LogP contribution in [-0.4, -0.2) is 15.8 Å². The molecule has 0 aliphatic rings. The van der Waals surface area contributed by atoms with E-state index < -0.39 is 22.3 Å². The number of nitrogens with zero attached hydrogens (tertiary/aromatic N) is 2. The predicted octanol–water partition coefficient (Wildman–Crippen LogP) is 4.36. The summed E-state index contributed by atoms with van der Waals surface area (Å²) in [7, 11) is 0. The van der Waals surface area contributed by atoms with E-state index in [0.29, 0.717) is 5.56 Å². The maximum absolute atomic E-state index is 13.2. The molecule has 0 saturated carbocycles. The highest BCUT2D eigenvalue weighted by atomic mass is 19.1. The number of benzene rings is 2. The average molecular weight is 351 g/mol. The second-order valence-corrected chi connectivity index (χ2v) is 5.67. The normalized spacial score (nSPS) is 10.4. The lowest BCUT2D eigenvalue weighted by Crippen LogP contribution is -2.13. The van der Waals surface area contributed by atoms with E-state index in [9.17, 15) is 19.3 Å². The Kier molecular flexibility index (Phi) is 4.70. The fraction of sp³-hybridized carbons (Fsp3) is 0.0526. The summed E-state index contributed by atoms with van der Waals surface area (Å²) in [5, 5.41) is 13.4. The number of carbonyl (C=O) groups is 1. The average Bonchev–Trinajstić information content (AvgIpc) is 2.63. The molecule has 26 heavy (non-hydrogen) atoms. The molecule has 0 aliphatic heterocycles. The molecule has 0 unspecified atom stereocenters. The second-order valence-electron chi connectivity index (χ2n) is 5.67. The third kappa shape index (κ3) is 3.72. The third-order valence-electron chi connectivity index (χ3n) is 3.76. The van der Waals surface area contributed by atoms with E-state index in [1.807, 2.05) is 19.1 Å². The molecule has 0 fully saturated rings. The Bertz CT molecular complexity index is 988. The molecular weight excluding hydrogens is 337 g/mol. The van der Waals surface area contributed by atoms with Crippen molar-refractivity contribution in [3.05, 3.63) is 87.9 Å². The van der Waals surface area contributed by atoms with Gasteiger partial charge in [-0.15, -0.1) is 0 Å². The van der Waals surface area contributed by atoms with Crippen LogP contribution in [0.5, 0.6) is 0 Å². The minimum Gasteiger partial charge on any atom is -0.316 e. The number of aryl methyl sites for hydroxylation is 1. The van der Waals surface area contributed by atoms with Gasteiger partial charge >= 0.3 is 0 Å². The Balaban J connectivity index is 1.82. The van der Waals surface area contributed by atoms with Crippen LogP contribution in [0.25, 0.3) is 11.3 Å². The number of rotatable bonds is 4. The van der Waals surface area contributed by atoms with Gasteiger partial charge in [0, 0.05) is 17.3 Å². The quantitative estimate of drug-likeness (QED) is 0.559. The van der Waals surface area contributed by atoms with E-state index >= 15 is 0 Å². The van der Waals surface area contributed by atoms with Crippen LogP contribution in [0.4, 0.5) is 15.8 Å². The van der Waals surface area contributed by atoms with Crippen molar-refractivity contribution in [3.8, 4) is 11.3 Å². The molecule has 0 bridgehead atoms. The van der Waals surface area contributed by atoms with Crippen molar-refractivity contribution in [3.63, 3.8) is 0 Å². The van der Waals surface area contributed by atoms with E-state index in [4.69, 9.17) is 0 Å². The first-order valence-electron chi connectivity index (χ1n) is 7.72. The molecule has 130 valence electrons. The molecule has 3 aromatic rings. The number of nitrogens with one attached hydrogen (secondary N) is 1. The molecular formula is C19H14FN3O3. The molecule has 1 N–H and O–H groups in total. The number of hydrogen-bond donors (Lipinski definition) is 1. The highest BCUT2D eigenvalue weighted by Crippen LogP contribution is 2.26. The van der Waals surface area contributed by atoms with Gasteiger partial charge in [-0.2, -0.15) is 0 Å². The van der Waals surface area contributed by atoms with E-state index in [0.717, 1.165) is 35.0 Å². The van der Waals surface area contributed by atoms with Crippen LogP contribution in [0.15, 0.2) is 60.8 Å². The lowest BCUT2D eigenvalue weighted by Gasteiger charge is -2.07. The van der Waals surface area contributed by atoms with Crippen molar-refractivity contribution in [2.45, 2.75) is 6.92 Å². The molecule has 1 aromatic heterocycles. The van der Waals surface area contributed by atoms with Gasteiger partial charge in [-0.1, -0.05) is 12.1 Å². The summed E-state index contributed by atoms with van der Waals surface area (Å²) in [6, 6.07) is 13.5. The Labute approximate surface area is 148 Å². The van der Waals surface area contributed by atoms with Crippen molar-refractivity contribution in [2.75, 3.05) is 5.32 Å². The maximum atomic E-state index is 13.2. The van der Waals surface area contributed by atoms with E-state index in [2.05, 4.69) is 10.3 Å². The molecule has 0 saturated heterocycles. The molecule has 0 atom stereocenters. The first-order valence-corrected chi connectivity index (χ1v) is 7.72. The van der Waals surface area contributed by atoms with Crippen LogP contribution in [0.1, 0.15) is 15.9 Å². The maximum Gasteiger partial charge on any atom is 0.295 e. The lowest BCUT2D eigenvalue weighted by molar-refractivity contribution is -0.384. The smallest absolute Gasteiger partial charge is 0.295 e. The third-order valence-corrected chi connectivity index (χ3v) is 3.76. The number of pyridine rings is 1. The summed E-state index contributed by atoms with van der Waals surface area (Å²) in [4.78, 5) is 26.9. The molecule has 7 heteroatoms. The van der Waals surface area contributed by atoms with Gasteiger partial charge in [0.15, 0.2) is 0 Å². The molecule has 6 nitrogen and oxygen atoms in total. The summed E-state index contributed by atoms with van der Waals surface area (Å²) in [6.45, 7) is 1.96. The van der Waals surface area contributed by atoms with Crippen molar-refractivity contribution in [1.82, 2.24) is 4.98 Å². The summed E-state index contributed by atoms with van der Waals surface area (Å²) < 4.78 is 13.2. The zero-order valence-corrected chi connectivity index (χ0v) is 13.8. The molecule has 0 spiro atoms. The summed E-state index contributed by atoms with van der Waals surface area (Å²) in [5.74, 6) is -1.27. The van der Waals surface area contributed by atoms with Gasteiger partial charge in [-0.25, -0.2) is 4.39 Å². The summed E-state index contributed by atoms with van der Waals surface area (Å²) >= 11 is 0. The van der Waals surface area contributed by atoms with Crippen LogP contribution in [-0.2, 0) is 0 Å². The fourth-order valence-electron chi connectivity index (χ4n) is 2.44. The second kappa shape index (κ2) is 7.10. The Morgan fingerprint density at radius 2 is 1.85 bits per heavy atom. The van der Waals surface area contributed by atoms with Crippen molar-refractivity contribution in [2.24, 2.45) is 0 Å². The van der Waals surface area contributed by atoms with Crippen LogP contribution in [0.2, 0.25) is 0 Å². The van der Waals surface area contributed by atoms with Gasteiger partial charge < -0.3 is 5.32 Å². The van der Waals surface area contributed by atoms with Gasteiger partial charge in [-0.3, -0.25) is 19.9 Å². The van der Waals surface area contributed by atoms with Gasteiger partial charge in [0.25, 0.3) is 11.6 Å².